The van der Waals surface area contributed by atoms with E-state index in [1.54, 1.807) is 0 Å². The van der Waals surface area contributed by atoms with Crippen LogP contribution in [-0.4, -0.2) is 29.1 Å². The molecule has 0 saturated heterocycles. The van der Waals surface area contributed by atoms with Gasteiger partial charge in [-0.05, 0) is 48.9 Å². The van der Waals surface area contributed by atoms with Gasteiger partial charge in [0.2, 0.25) is 0 Å². The molecule has 0 aliphatic heterocycles. The minimum Gasteiger partial charge on any atom is -0.391 e. The van der Waals surface area contributed by atoms with Gasteiger partial charge in [-0.25, -0.2) is 0 Å². The topological polar surface area (TPSA) is 78.4 Å². The molecular formula is C18H26N2O3. The number of nitrogens with one attached hydrogen (secondary N) is 2. The van der Waals surface area contributed by atoms with E-state index in [2.05, 4.69) is 24.5 Å². The number of aryl methyl sites for hydroxylation is 2. The zero-order valence-corrected chi connectivity index (χ0v) is 13.9. The van der Waals surface area contributed by atoms with Gasteiger partial charge in [0.1, 0.15) is 0 Å². The summed E-state index contributed by atoms with van der Waals surface area (Å²) in [6.07, 6.45) is 4.57. The Kier molecular flexibility index (Phi) is 6.16. The van der Waals surface area contributed by atoms with Crippen molar-refractivity contribution in [2.24, 2.45) is 0 Å². The molecule has 23 heavy (non-hydrogen) atoms. The number of carbonyl (C=O) groups is 2. The number of amides is 2. The average molecular weight is 318 g/mol. The first-order valence-corrected chi connectivity index (χ1v) is 8.46. The van der Waals surface area contributed by atoms with Gasteiger partial charge < -0.3 is 15.7 Å². The van der Waals surface area contributed by atoms with Crippen molar-refractivity contribution in [1.29, 1.82) is 0 Å². The van der Waals surface area contributed by atoms with Crippen LogP contribution in [0.1, 0.15) is 50.7 Å². The van der Waals surface area contributed by atoms with Crippen molar-refractivity contribution in [3.8, 4) is 0 Å². The van der Waals surface area contributed by atoms with Gasteiger partial charge in [-0.1, -0.05) is 32.8 Å². The van der Waals surface area contributed by atoms with Crippen LogP contribution >= 0.6 is 0 Å². The molecule has 0 bridgehead atoms. The van der Waals surface area contributed by atoms with Gasteiger partial charge in [-0.15, -0.1) is 0 Å². The number of aliphatic hydroxyl groups excluding tert-OH is 1. The lowest BCUT2D eigenvalue weighted by Crippen LogP contribution is -2.48. The van der Waals surface area contributed by atoms with Crippen LogP contribution in [0.2, 0.25) is 0 Å². The van der Waals surface area contributed by atoms with Crippen LogP contribution in [0.15, 0.2) is 18.2 Å². The monoisotopic (exact) mass is 318 g/mol. The van der Waals surface area contributed by atoms with Crippen molar-refractivity contribution in [2.75, 3.05) is 5.32 Å². The summed E-state index contributed by atoms with van der Waals surface area (Å²) in [5.41, 5.74) is 3.05. The third-order valence-corrected chi connectivity index (χ3v) is 4.48. The lowest BCUT2D eigenvalue weighted by Gasteiger charge is -2.28. The highest BCUT2D eigenvalue weighted by Crippen LogP contribution is 2.19. The largest absolute Gasteiger partial charge is 0.391 e. The van der Waals surface area contributed by atoms with Crippen LogP contribution < -0.4 is 10.6 Å². The Balaban J connectivity index is 1.96. The molecule has 3 N–H and O–H groups in total. The second kappa shape index (κ2) is 8.11. The fourth-order valence-corrected chi connectivity index (χ4v) is 3.08. The van der Waals surface area contributed by atoms with Crippen molar-refractivity contribution in [1.82, 2.24) is 5.32 Å². The van der Waals surface area contributed by atoms with Crippen molar-refractivity contribution >= 4 is 17.5 Å². The third kappa shape index (κ3) is 4.55. The Bertz CT molecular complexity index is 571. The summed E-state index contributed by atoms with van der Waals surface area (Å²) >= 11 is 0. The standard InChI is InChI=1S/C18H26N2O3/c1-3-12-9-10-14(11-13(12)4-2)19-17(22)18(23)20-15-7-5-6-8-16(15)21/h9-11,15-16,21H,3-8H2,1-2H3,(H,19,22)(H,20,23). The molecule has 126 valence electrons. The van der Waals surface area contributed by atoms with Crippen molar-refractivity contribution in [3.05, 3.63) is 29.3 Å². The molecule has 0 aromatic heterocycles. The maximum atomic E-state index is 12.0. The molecule has 1 fully saturated rings. The molecule has 2 amide bonds. The minimum absolute atomic E-state index is 0.323. The van der Waals surface area contributed by atoms with Gasteiger partial charge in [0.05, 0.1) is 12.1 Å². The Morgan fingerprint density at radius 1 is 1.09 bits per heavy atom. The SMILES string of the molecule is CCc1ccc(NC(=O)C(=O)NC2CCCCC2O)cc1CC. The predicted molar refractivity (Wildman–Crippen MR) is 90.2 cm³/mol. The van der Waals surface area contributed by atoms with Gasteiger partial charge in [-0.3, -0.25) is 9.59 Å². The molecule has 1 aromatic rings. The van der Waals surface area contributed by atoms with E-state index in [0.717, 1.165) is 25.7 Å². The minimum atomic E-state index is -0.687. The number of hydrogen-bond acceptors (Lipinski definition) is 3. The van der Waals surface area contributed by atoms with Crippen LogP contribution in [0.4, 0.5) is 5.69 Å². The Morgan fingerprint density at radius 3 is 2.43 bits per heavy atom. The highest BCUT2D eigenvalue weighted by molar-refractivity contribution is 6.39. The van der Waals surface area contributed by atoms with E-state index in [-0.39, 0.29) is 6.04 Å². The normalized spacial score (nSPS) is 20.8. The van der Waals surface area contributed by atoms with Gasteiger partial charge in [0.25, 0.3) is 0 Å². The number of aliphatic hydroxyl groups is 1. The molecule has 2 unspecified atom stereocenters. The molecule has 0 radical (unpaired) electrons. The van der Waals surface area contributed by atoms with Crippen molar-refractivity contribution in [3.63, 3.8) is 0 Å². The molecule has 0 heterocycles. The summed E-state index contributed by atoms with van der Waals surface area (Å²) in [5, 5.41) is 15.1. The quantitative estimate of drug-likeness (QED) is 0.745. The molecule has 1 aliphatic carbocycles. The molecule has 1 saturated carbocycles. The Hall–Kier alpha value is -1.88. The summed E-state index contributed by atoms with van der Waals surface area (Å²) in [5.74, 6) is -1.37. The van der Waals surface area contributed by atoms with E-state index in [0.29, 0.717) is 18.5 Å². The van der Waals surface area contributed by atoms with Gasteiger partial charge in [-0.2, -0.15) is 0 Å². The predicted octanol–water partition coefficient (Wildman–Crippen LogP) is 2.17. The molecule has 2 atom stereocenters. The van der Waals surface area contributed by atoms with Gasteiger partial charge in [0.15, 0.2) is 0 Å². The fourth-order valence-electron chi connectivity index (χ4n) is 3.08. The Labute approximate surface area is 137 Å². The van der Waals surface area contributed by atoms with E-state index in [9.17, 15) is 14.7 Å². The zero-order chi connectivity index (χ0) is 16.8. The summed E-state index contributed by atoms with van der Waals surface area (Å²) in [4.78, 5) is 24.0. The zero-order valence-electron chi connectivity index (χ0n) is 13.9. The molecule has 5 heteroatoms. The molecule has 5 nitrogen and oxygen atoms in total. The molecule has 0 spiro atoms. The lowest BCUT2D eigenvalue weighted by atomic mass is 9.92. The van der Waals surface area contributed by atoms with Crippen LogP contribution in [0, 0.1) is 0 Å². The highest BCUT2D eigenvalue weighted by atomic mass is 16.3. The maximum absolute atomic E-state index is 12.0. The summed E-state index contributed by atoms with van der Waals surface area (Å²) in [6.45, 7) is 4.16. The number of hydrogen-bond donors (Lipinski definition) is 3. The van der Waals surface area contributed by atoms with Crippen LogP contribution in [0.5, 0.6) is 0 Å². The van der Waals surface area contributed by atoms with E-state index in [1.165, 1.54) is 11.1 Å². The Morgan fingerprint density at radius 2 is 1.78 bits per heavy atom. The van der Waals surface area contributed by atoms with Crippen LogP contribution in [-0.2, 0) is 22.4 Å². The summed E-state index contributed by atoms with van der Waals surface area (Å²) in [7, 11) is 0. The second-order valence-corrected chi connectivity index (χ2v) is 6.08. The number of rotatable bonds is 4. The molecule has 1 aliphatic rings. The summed E-state index contributed by atoms with van der Waals surface area (Å²) < 4.78 is 0. The first kappa shape index (κ1) is 17.5. The van der Waals surface area contributed by atoms with Crippen molar-refractivity contribution in [2.45, 2.75) is 64.5 Å². The molecular weight excluding hydrogens is 292 g/mol. The third-order valence-electron chi connectivity index (χ3n) is 4.48. The van der Waals surface area contributed by atoms with E-state index in [1.807, 2.05) is 18.2 Å². The molecule has 2 rings (SSSR count). The van der Waals surface area contributed by atoms with Crippen molar-refractivity contribution < 1.29 is 14.7 Å². The first-order valence-electron chi connectivity index (χ1n) is 8.46. The van der Waals surface area contributed by atoms with E-state index >= 15 is 0 Å². The highest BCUT2D eigenvalue weighted by Gasteiger charge is 2.26. The van der Waals surface area contributed by atoms with Gasteiger partial charge >= 0.3 is 11.8 Å². The number of carbonyl (C=O) groups excluding carboxylic acids is 2. The number of benzene rings is 1. The number of anilines is 1. The maximum Gasteiger partial charge on any atom is 0.313 e. The average Bonchev–Trinajstić information content (AvgIpc) is 2.56. The second-order valence-electron chi connectivity index (χ2n) is 6.08. The lowest BCUT2D eigenvalue weighted by molar-refractivity contribution is -0.137. The fraction of sp³-hybridized carbons (Fsp3) is 0.556. The summed E-state index contributed by atoms with van der Waals surface area (Å²) in [6, 6.07) is 5.39. The smallest absolute Gasteiger partial charge is 0.313 e. The van der Waals surface area contributed by atoms with E-state index < -0.39 is 17.9 Å². The molecule has 1 aromatic carbocycles. The first-order chi connectivity index (χ1) is 11.0. The van der Waals surface area contributed by atoms with E-state index in [4.69, 9.17) is 0 Å². The van der Waals surface area contributed by atoms with Crippen LogP contribution in [0.25, 0.3) is 0 Å². The van der Waals surface area contributed by atoms with Crippen LogP contribution in [0.3, 0.4) is 0 Å². The van der Waals surface area contributed by atoms with Gasteiger partial charge in [0, 0.05) is 5.69 Å².